The van der Waals surface area contributed by atoms with Gasteiger partial charge < -0.3 is 30.0 Å². The Morgan fingerprint density at radius 3 is 2.21 bits per heavy atom. The Hall–Kier alpha value is -4.38. The Morgan fingerprint density at radius 1 is 0.887 bits per heavy atom. The van der Waals surface area contributed by atoms with E-state index < -0.39 is 65.4 Å². The predicted molar refractivity (Wildman–Crippen MR) is 204 cm³/mol. The predicted octanol–water partition coefficient (Wildman–Crippen LogP) is 6.30. The number of ether oxygens (including phenoxy) is 3. The number of esters is 2. The third-order valence-corrected chi connectivity index (χ3v) is 9.85. The van der Waals surface area contributed by atoms with Crippen LogP contribution in [0.4, 0.5) is 0 Å². The number of aliphatic hydroxyl groups excluding tert-OH is 1. The molecule has 284 valence electrons. The van der Waals surface area contributed by atoms with Crippen LogP contribution >= 0.6 is 23.2 Å². The number of carbonyl (C=O) groups excluding carboxylic acids is 4. The van der Waals surface area contributed by atoms with Crippen LogP contribution in [-0.2, 0) is 41.5 Å². The number of methoxy groups -OCH3 is 1. The molecule has 0 fully saturated rings. The van der Waals surface area contributed by atoms with Gasteiger partial charge >= 0.3 is 11.9 Å². The third kappa shape index (κ3) is 12.6. The maximum Gasteiger partial charge on any atom is 0.347 e. The molecule has 3 aromatic carbocycles. The van der Waals surface area contributed by atoms with Crippen LogP contribution in [0.3, 0.4) is 0 Å². The van der Waals surface area contributed by atoms with Crippen molar-refractivity contribution in [3.05, 3.63) is 113 Å². The second kappa shape index (κ2) is 20.2. The first kappa shape index (κ1) is 41.4. The fraction of sp³-hybridized carbons (Fsp3) is 0.415. The van der Waals surface area contributed by atoms with Crippen molar-refractivity contribution in [3.63, 3.8) is 0 Å². The quantitative estimate of drug-likeness (QED) is 0.153. The lowest BCUT2D eigenvalue weighted by atomic mass is 9.90. The molecule has 10 nitrogen and oxygen atoms in total. The zero-order valence-corrected chi connectivity index (χ0v) is 31.9. The Balaban J connectivity index is 1.68. The second-order valence-corrected chi connectivity index (χ2v) is 14.6. The molecule has 0 saturated carbocycles. The van der Waals surface area contributed by atoms with Crippen LogP contribution in [0.5, 0.6) is 5.75 Å². The van der Waals surface area contributed by atoms with Gasteiger partial charge in [-0.2, -0.15) is 0 Å². The molecule has 3 N–H and O–H groups in total. The van der Waals surface area contributed by atoms with Crippen molar-refractivity contribution in [3.8, 4) is 5.75 Å². The number of hydrogen-bond acceptors (Lipinski definition) is 8. The fourth-order valence-corrected chi connectivity index (χ4v) is 6.78. The van der Waals surface area contributed by atoms with Gasteiger partial charge in [-0.25, -0.2) is 4.79 Å². The van der Waals surface area contributed by atoms with Gasteiger partial charge in [0.15, 0.2) is 6.10 Å². The molecule has 0 radical (unpaired) electrons. The average Bonchev–Trinajstić information content (AvgIpc) is 3.13. The fourth-order valence-electron chi connectivity index (χ4n) is 6.13. The zero-order chi connectivity index (χ0) is 38.5. The van der Waals surface area contributed by atoms with E-state index in [1.165, 1.54) is 19.3 Å². The number of alkyl halides is 1. The van der Waals surface area contributed by atoms with Crippen molar-refractivity contribution in [2.24, 2.45) is 11.8 Å². The van der Waals surface area contributed by atoms with Gasteiger partial charge in [0.2, 0.25) is 11.8 Å². The first-order valence-corrected chi connectivity index (χ1v) is 18.6. The molecule has 1 heterocycles. The van der Waals surface area contributed by atoms with E-state index in [-0.39, 0.29) is 38.0 Å². The summed E-state index contributed by atoms with van der Waals surface area (Å²) in [6.45, 7) is 5.47. The van der Waals surface area contributed by atoms with Crippen molar-refractivity contribution in [2.75, 3.05) is 7.11 Å². The van der Waals surface area contributed by atoms with Crippen LogP contribution in [0.15, 0.2) is 91.0 Å². The van der Waals surface area contributed by atoms with E-state index in [0.29, 0.717) is 21.9 Å². The summed E-state index contributed by atoms with van der Waals surface area (Å²) in [5.74, 6) is -2.90. The van der Waals surface area contributed by atoms with Gasteiger partial charge in [0.25, 0.3) is 0 Å². The maximum absolute atomic E-state index is 14.0. The molecule has 12 heteroatoms. The van der Waals surface area contributed by atoms with Gasteiger partial charge in [-0.1, -0.05) is 105 Å². The van der Waals surface area contributed by atoms with Gasteiger partial charge in [-0.3, -0.25) is 14.4 Å². The summed E-state index contributed by atoms with van der Waals surface area (Å²) < 4.78 is 17.0. The highest BCUT2D eigenvalue weighted by molar-refractivity contribution is 6.32. The number of hydrogen-bond donors (Lipinski definition) is 3. The Kier molecular flexibility index (Phi) is 15.8. The number of benzene rings is 3. The lowest BCUT2D eigenvalue weighted by Gasteiger charge is -2.31. The monoisotopic (exact) mass is 766 g/mol. The van der Waals surface area contributed by atoms with E-state index in [0.717, 1.165) is 5.56 Å². The summed E-state index contributed by atoms with van der Waals surface area (Å²) in [6.07, 6.45) is -0.318. The molecule has 7 atom stereocenters. The molecule has 1 aliphatic heterocycles. The normalized spacial score (nSPS) is 22.8. The summed E-state index contributed by atoms with van der Waals surface area (Å²) in [5.41, 5.74) is 2.20. The smallest absolute Gasteiger partial charge is 0.347 e. The van der Waals surface area contributed by atoms with Crippen LogP contribution in [0.1, 0.15) is 62.1 Å². The van der Waals surface area contributed by atoms with Crippen LogP contribution in [0.25, 0.3) is 0 Å². The van der Waals surface area contributed by atoms with Gasteiger partial charge in [-0.05, 0) is 53.7 Å². The first-order chi connectivity index (χ1) is 25.3. The number of cyclic esters (lactones) is 2. The van der Waals surface area contributed by atoms with Crippen molar-refractivity contribution in [1.29, 1.82) is 0 Å². The highest BCUT2D eigenvalue weighted by Gasteiger charge is 2.36. The first-order valence-electron chi connectivity index (χ1n) is 17.7. The Morgan fingerprint density at radius 2 is 1.57 bits per heavy atom. The number of rotatable bonds is 11. The van der Waals surface area contributed by atoms with E-state index in [2.05, 4.69) is 10.6 Å². The van der Waals surface area contributed by atoms with Crippen molar-refractivity contribution >= 4 is 47.0 Å². The van der Waals surface area contributed by atoms with E-state index in [1.807, 2.05) is 62.4 Å². The largest absolute Gasteiger partial charge is 0.495 e. The SMILES string of the molecule is COc1ccc(C[C@H]2NC(=O)/C=C/C[C@@H]([C@H](C)[C@H](O)[C@H](Cl)c3ccccc3)OC(=O)[C@H](CC(C)C)OC(=O)C[C@@H](Cc3ccccc3)NC2=O)cc1Cl. The van der Waals surface area contributed by atoms with Gasteiger partial charge in [-0.15, -0.1) is 11.6 Å². The van der Waals surface area contributed by atoms with E-state index >= 15 is 0 Å². The number of carbonyl (C=O) groups is 4. The van der Waals surface area contributed by atoms with Crippen molar-refractivity contribution in [2.45, 2.75) is 88.6 Å². The summed E-state index contributed by atoms with van der Waals surface area (Å²) in [5, 5.41) is 16.6. The molecule has 4 rings (SSSR count). The zero-order valence-electron chi connectivity index (χ0n) is 30.4. The molecule has 2 amide bonds. The molecule has 0 unspecified atom stereocenters. The number of nitrogens with one attached hydrogen (secondary N) is 2. The number of halogens is 2. The number of amides is 2. The van der Waals surface area contributed by atoms with Crippen LogP contribution in [-0.4, -0.2) is 66.4 Å². The van der Waals surface area contributed by atoms with E-state index in [4.69, 9.17) is 37.4 Å². The molecule has 0 bridgehead atoms. The third-order valence-electron chi connectivity index (χ3n) is 9.04. The molecule has 53 heavy (non-hydrogen) atoms. The lowest BCUT2D eigenvalue weighted by Crippen LogP contribution is -2.51. The van der Waals surface area contributed by atoms with E-state index in [9.17, 15) is 24.3 Å². The highest BCUT2D eigenvalue weighted by atomic mass is 35.5. The Labute approximate surface area is 321 Å². The molecular weight excluding hydrogens is 719 g/mol. The Bertz CT molecular complexity index is 1700. The topological polar surface area (TPSA) is 140 Å². The average molecular weight is 768 g/mol. The van der Waals surface area contributed by atoms with Crippen LogP contribution in [0.2, 0.25) is 5.02 Å². The summed E-state index contributed by atoms with van der Waals surface area (Å²) in [7, 11) is 1.50. The minimum absolute atomic E-state index is 0.0161. The summed E-state index contributed by atoms with van der Waals surface area (Å²) >= 11 is 13.1. The highest BCUT2D eigenvalue weighted by Crippen LogP contribution is 2.32. The van der Waals surface area contributed by atoms with Crippen LogP contribution < -0.4 is 15.4 Å². The maximum atomic E-state index is 14.0. The second-order valence-electron chi connectivity index (χ2n) is 13.7. The van der Waals surface area contributed by atoms with Crippen LogP contribution in [0, 0.1) is 11.8 Å². The molecule has 0 spiro atoms. The van der Waals surface area contributed by atoms with Gasteiger partial charge in [0.05, 0.1) is 30.0 Å². The van der Waals surface area contributed by atoms with Crippen molar-refractivity contribution in [1.82, 2.24) is 10.6 Å². The standard InChI is InChI=1S/C41H48Cl2N2O8/c1-25(2)20-35-41(50)53-33(26(3)39(48)38(43)29-14-9-6-10-15-29)16-11-17-36(46)45-32(23-28-18-19-34(51-4)31(42)22-28)40(49)44-30(24-37(47)52-35)21-27-12-7-5-8-13-27/h5-15,17-19,22,25-26,30,32-33,35,38-39,48H,16,20-21,23-24H2,1-4H3,(H,44,49)(H,45,46)/b17-11+/t26-,30+,32+,33-,35-,38+,39-/m0/s1. The summed E-state index contributed by atoms with van der Waals surface area (Å²) in [6, 6.07) is 21.6. The lowest BCUT2D eigenvalue weighted by molar-refractivity contribution is -0.176. The minimum Gasteiger partial charge on any atom is -0.495 e. The molecule has 1 aliphatic rings. The molecular formula is C41H48Cl2N2O8. The summed E-state index contributed by atoms with van der Waals surface area (Å²) in [4.78, 5) is 54.6. The molecule has 0 saturated heterocycles. The molecule has 3 aromatic rings. The van der Waals surface area contributed by atoms with Gasteiger partial charge in [0, 0.05) is 24.8 Å². The minimum atomic E-state index is -1.25. The molecule has 0 aromatic heterocycles. The number of aliphatic hydroxyl groups is 1. The van der Waals surface area contributed by atoms with E-state index in [1.54, 1.807) is 37.3 Å². The van der Waals surface area contributed by atoms with Crippen molar-refractivity contribution < 1.29 is 38.5 Å². The molecule has 0 aliphatic carbocycles. The van der Waals surface area contributed by atoms with Gasteiger partial charge in [0.1, 0.15) is 17.9 Å².